The summed E-state index contributed by atoms with van der Waals surface area (Å²) < 4.78 is 0. The fourth-order valence-corrected chi connectivity index (χ4v) is 2.07. The normalized spacial score (nSPS) is 16.6. The summed E-state index contributed by atoms with van der Waals surface area (Å²) in [4.78, 5) is 36.2. The van der Waals surface area contributed by atoms with Crippen LogP contribution in [0.25, 0.3) is 0 Å². The first-order valence-corrected chi connectivity index (χ1v) is 6.77. The highest BCUT2D eigenvalue weighted by Crippen LogP contribution is 2.19. The SMILES string of the molecule is CC(C)(C)[C@@H](NC(=O)NCC(=O)N1CCCC1)C(=O)O. The summed E-state index contributed by atoms with van der Waals surface area (Å²) in [7, 11) is 0. The number of amides is 3. The summed E-state index contributed by atoms with van der Waals surface area (Å²) in [6, 6.07) is -1.65. The molecule has 1 saturated heterocycles. The maximum Gasteiger partial charge on any atom is 0.326 e. The Balaban J connectivity index is 2.42. The van der Waals surface area contributed by atoms with Gasteiger partial charge in [0.25, 0.3) is 0 Å². The van der Waals surface area contributed by atoms with E-state index in [0.717, 1.165) is 25.9 Å². The zero-order chi connectivity index (χ0) is 15.3. The average molecular weight is 285 g/mol. The largest absolute Gasteiger partial charge is 0.480 e. The number of nitrogens with one attached hydrogen (secondary N) is 2. The number of rotatable bonds is 4. The van der Waals surface area contributed by atoms with Crippen LogP contribution in [0.15, 0.2) is 0 Å². The van der Waals surface area contributed by atoms with Crippen LogP contribution in [0.1, 0.15) is 33.6 Å². The van der Waals surface area contributed by atoms with E-state index in [-0.39, 0.29) is 12.5 Å². The van der Waals surface area contributed by atoms with Gasteiger partial charge in [-0.05, 0) is 18.3 Å². The summed E-state index contributed by atoms with van der Waals surface area (Å²) in [5, 5.41) is 13.9. The van der Waals surface area contributed by atoms with Crippen molar-refractivity contribution in [3.8, 4) is 0 Å². The average Bonchev–Trinajstić information content (AvgIpc) is 2.84. The summed E-state index contributed by atoms with van der Waals surface area (Å²) >= 11 is 0. The molecule has 1 atom stereocenters. The molecule has 114 valence electrons. The maximum atomic E-state index is 11.7. The minimum absolute atomic E-state index is 0.109. The first kappa shape index (κ1) is 16.3. The van der Waals surface area contributed by atoms with Crippen LogP contribution in [-0.4, -0.2) is 53.6 Å². The van der Waals surface area contributed by atoms with Crippen molar-refractivity contribution in [1.29, 1.82) is 0 Å². The van der Waals surface area contributed by atoms with Crippen molar-refractivity contribution in [1.82, 2.24) is 15.5 Å². The van der Waals surface area contributed by atoms with Crippen molar-refractivity contribution in [2.75, 3.05) is 19.6 Å². The lowest BCUT2D eigenvalue weighted by molar-refractivity contribution is -0.141. The molecular weight excluding hydrogens is 262 g/mol. The first-order valence-electron chi connectivity index (χ1n) is 6.77. The Labute approximate surface area is 118 Å². The molecule has 1 aliphatic rings. The standard InChI is InChI=1S/C13H23N3O4/c1-13(2,3)10(11(18)19)15-12(20)14-8-9(17)16-6-4-5-7-16/h10H,4-8H2,1-3H3,(H,18,19)(H2,14,15,20)/t10-/m0/s1. The van der Waals surface area contributed by atoms with Crippen molar-refractivity contribution in [3.63, 3.8) is 0 Å². The van der Waals surface area contributed by atoms with Gasteiger partial charge in [-0.2, -0.15) is 0 Å². The molecule has 0 aromatic carbocycles. The molecule has 0 radical (unpaired) electrons. The van der Waals surface area contributed by atoms with Crippen LogP contribution in [0.5, 0.6) is 0 Å². The van der Waals surface area contributed by atoms with Crippen molar-refractivity contribution < 1.29 is 19.5 Å². The van der Waals surface area contributed by atoms with E-state index in [1.807, 2.05) is 0 Å². The van der Waals surface area contributed by atoms with E-state index in [1.165, 1.54) is 0 Å². The van der Waals surface area contributed by atoms with E-state index in [2.05, 4.69) is 10.6 Å². The number of urea groups is 1. The smallest absolute Gasteiger partial charge is 0.326 e. The van der Waals surface area contributed by atoms with Gasteiger partial charge >= 0.3 is 12.0 Å². The van der Waals surface area contributed by atoms with Crippen LogP contribution in [0.2, 0.25) is 0 Å². The van der Waals surface area contributed by atoms with E-state index in [4.69, 9.17) is 5.11 Å². The van der Waals surface area contributed by atoms with Crippen LogP contribution in [0, 0.1) is 5.41 Å². The highest BCUT2D eigenvalue weighted by molar-refractivity contribution is 5.87. The zero-order valence-electron chi connectivity index (χ0n) is 12.2. The second-order valence-corrected chi connectivity index (χ2v) is 6.05. The monoisotopic (exact) mass is 285 g/mol. The molecule has 0 aliphatic carbocycles. The molecule has 7 nitrogen and oxygen atoms in total. The Bertz CT molecular complexity index is 384. The number of hydrogen-bond acceptors (Lipinski definition) is 3. The predicted octanol–water partition coefficient (Wildman–Crippen LogP) is 0.407. The van der Waals surface area contributed by atoms with Gasteiger partial charge in [0.15, 0.2) is 0 Å². The molecule has 0 aromatic rings. The van der Waals surface area contributed by atoms with Gasteiger partial charge in [-0.25, -0.2) is 9.59 Å². The Hall–Kier alpha value is -1.79. The molecule has 1 aliphatic heterocycles. The molecule has 7 heteroatoms. The van der Waals surface area contributed by atoms with Gasteiger partial charge in [0.1, 0.15) is 6.04 Å². The lowest BCUT2D eigenvalue weighted by atomic mass is 9.87. The minimum atomic E-state index is -1.10. The lowest BCUT2D eigenvalue weighted by Crippen LogP contribution is -2.53. The predicted molar refractivity (Wildman–Crippen MR) is 73.2 cm³/mol. The van der Waals surface area contributed by atoms with Crippen LogP contribution >= 0.6 is 0 Å². The molecule has 0 bridgehead atoms. The third-order valence-corrected chi connectivity index (χ3v) is 3.25. The Kier molecular flexibility index (Phi) is 5.35. The van der Waals surface area contributed by atoms with E-state index in [0.29, 0.717) is 0 Å². The quantitative estimate of drug-likeness (QED) is 0.696. The van der Waals surface area contributed by atoms with Gasteiger partial charge in [-0.1, -0.05) is 20.8 Å². The van der Waals surface area contributed by atoms with Gasteiger partial charge in [-0.15, -0.1) is 0 Å². The molecule has 3 N–H and O–H groups in total. The van der Waals surface area contributed by atoms with E-state index >= 15 is 0 Å². The number of carboxylic acid groups (broad SMARTS) is 1. The van der Waals surface area contributed by atoms with Crippen LogP contribution in [-0.2, 0) is 9.59 Å². The Morgan fingerprint density at radius 3 is 2.20 bits per heavy atom. The van der Waals surface area contributed by atoms with Gasteiger partial charge in [-0.3, -0.25) is 4.79 Å². The van der Waals surface area contributed by atoms with E-state index in [9.17, 15) is 14.4 Å². The molecule has 20 heavy (non-hydrogen) atoms. The van der Waals surface area contributed by atoms with Crippen molar-refractivity contribution in [2.45, 2.75) is 39.7 Å². The summed E-state index contributed by atoms with van der Waals surface area (Å²) in [6.07, 6.45) is 1.98. The lowest BCUT2D eigenvalue weighted by Gasteiger charge is -2.27. The number of hydrogen-bond donors (Lipinski definition) is 3. The highest BCUT2D eigenvalue weighted by Gasteiger charge is 2.32. The molecule has 1 rings (SSSR count). The van der Waals surface area contributed by atoms with Crippen LogP contribution in [0.3, 0.4) is 0 Å². The molecule has 0 aromatic heterocycles. The number of carbonyl (C=O) groups is 3. The molecule has 0 unspecified atom stereocenters. The molecular formula is C13H23N3O4. The summed E-state index contributed by atoms with van der Waals surface area (Å²) in [5.41, 5.74) is -0.609. The fraction of sp³-hybridized carbons (Fsp3) is 0.769. The van der Waals surface area contributed by atoms with Crippen LogP contribution < -0.4 is 10.6 Å². The third-order valence-electron chi connectivity index (χ3n) is 3.25. The van der Waals surface area contributed by atoms with Gasteiger partial charge in [0.2, 0.25) is 5.91 Å². The van der Waals surface area contributed by atoms with E-state index in [1.54, 1.807) is 25.7 Å². The molecule has 0 spiro atoms. The molecule has 3 amide bonds. The van der Waals surface area contributed by atoms with Crippen molar-refractivity contribution in [2.24, 2.45) is 5.41 Å². The van der Waals surface area contributed by atoms with Gasteiger partial charge < -0.3 is 20.6 Å². The topological polar surface area (TPSA) is 98.7 Å². The molecule has 0 saturated carbocycles. The van der Waals surface area contributed by atoms with Crippen LogP contribution in [0.4, 0.5) is 4.79 Å². The van der Waals surface area contributed by atoms with Crippen molar-refractivity contribution >= 4 is 17.9 Å². The third kappa shape index (κ3) is 4.71. The highest BCUT2D eigenvalue weighted by atomic mass is 16.4. The maximum absolute atomic E-state index is 11.7. The second-order valence-electron chi connectivity index (χ2n) is 6.05. The first-order chi connectivity index (χ1) is 9.21. The summed E-state index contributed by atoms with van der Waals surface area (Å²) in [5.74, 6) is -1.24. The number of carboxylic acids is 1. The zero-order valence-corrected chi connectivity index (χ0v) is 12.2. The Morgan fingerprint density at radius 1 is 1.20 bits per heavy atom. The number of aliphatic carboxylic acids is 1. The second kappa shape index (κ2) is 6.58. The van der Waals surface area contributed by atoms with E-state index < -0.39 is 23.5 Å². The van der Waals surface area contributed by atoms with Gasteiger partial charge in [0.05, 0.1) is 6.54 Å². The fourth-order valence-electron chi connectivity index (χ4n) is 2.07. The van der Waals surface area contributed by atoms with Crippen molar-refractivity contribution in [3.05, 3.63) is 0 Å². The minimum Gasteiger partial charge on any atom is -0.480 e. The molecule has 1 fully saturated rings. The number of carbonyl (C=O) groups excluding carboxylic acids is 2. The molecule has 1 heterocycles. The van der Waals surface area contributed by atoms with Gasteiger partial charge in [0, 0.05) is 13.1 Å². The number of nitrogens with zero attached hydrogens (tertiary/aromatic N) is 1. The summed E-state index contributed by atoms with van der Waals surface area (Å²) in [6.45, 7) is 6.51. The Morgan fingerprint density at radius 2 is 1.75 bits per heavy atom. The number of likely N-dealkylation sites (tertiary alicyclic amines) is 1.